The van der Waals surface area contributed by atoms with E-state index in [4.69, 9.17) is 4.74 Å². The molecule has 2 aliphatic heterocycles. The van der Waals surface area contributed by atoms with Gasteiger partial charge in [-0.1, -0.05) is 60.7 Å². The van der Waals surface area contributed by atoms with Crippen molar-refractivity contribution >= 4 is 17.5 Å². The van der Waals surface area contributed by atoms with Gasteiger partial charge in [0.1, 0.15) is 6.61 Å². The second-order valence-electron chi connectivity index (χ2n) is 9.08. The highest BCUT2D eigenvalue weighted by Crippen LogP contribution is 2.35. The molecule has 5 rings (SSSR count). The molecule has 186 valence electrons. The van der Waals surface area contributed by atoms with Crippen LogP contribution in [0.25, 0.3) is 0 Å². The van der Waals surface area contributed by atoms with E-state index in [1.165, 1.54) is 0 Å². The molecule has 2 N–H and O–H groups in total. The standard InChI is InChI=1S/C28H31N5O3/c1-29-25(34)16-22-19-32(28(35)23-17-30-18-24-26(23)31-12-15-36-24)13-14-33(22)27(20-8-4-2-5-9-20)21-10-6-3-7-11-21/h2-11,17-18,22,27,31H,12-16,19H2,1H3,(H,29,34)/t22-/m1/s1. The third-order valence-electron chi connectivity index (χ3n) is 6.88. The molecular formula is C28H31N5O3. The molecule has 3 heterocycles. The van der Waals surface area contributed by atoms with Crippen LogP contribution in [-0.2, 0) is 4.79 Å². The number of piperazine rings is 1. The van der Waals surface area contributed by atoms with E-state index in [0.29, 0.717) is 56.2 Å². The topological polar surface area (TPSA) is 86.8 Å². The molecule has 0 bridgehead atoms. The predicted octanol–water partition coefficient (Wildman–Crippen LogP) is 2.94. The molecule has 0 aliphatic carbocycles. The number of carbonyl (C=O) groups is 2. The number of benzene rings is 2. The molecule has 2 amide bonds. The highest BCUT2D eigenvalue weighted by Gasteiger charge is 2.37. The third-order valence-corrected chi connectivity index (χ3v) is 6.88. The van der Waals surface area contributed by atoms with Gasteiger partial charge in [-0.3, -0.25) is 19.5 Å². The van der Waals surface area contributed by atoms with Gasteiger partial charge in [-0.2, -0.15) is 0 Å². The normalized spacial score (nSPS) is 17.6. The van der Waals surface area contributed by atoms with Crippen LogP contribution in [0.4, 0.5) is 5.69 Å². The molecule has 8 heteroatoms. The summed E-state index contributed by atoms with van der Waals surface area (Å²) in [6.45, 7) is 2.80. The van der Waals surface area contributed by atoms with Crippen LogP contribution in [0.3, 0.4) is 0 Å². The zero-order valence-corrected chi connectivity index (χ0v) is 20.4. The third kappa shape index (κ3) is 4.90. The van der Waals surface area contributed by atoms with Crippen LogP contribution in [-0.4, -0.2) is 72.5 Å². The molecule has 2 aromatic carbocycles. The Morgan fingerprint density at radius 1 is 1.06 bits per heavy atom. The number of fused-ring (bicyclic) bond motifs is 1. The van der Waals surface area contributed by atoms with Crippen LogP contribution >= 0.6 is 0 Å². The Labute approximate surface area is 211 Å². The van der Waals surface area contributed by atoms with Crippen molar-refractivity contribution < 1.29 is 14.3 Å². The Kier molecular flexibility index (Phi) is 7.13. The predicted molar refractivity (Wildman–Crippen MR) is 138 cm³/mol. The average Bonchev–Trinajstić information content (AvgIpc) is 2.94. The van der Waals surface area contributed by atoms with Crippen LogP contribution in [0, 0.1) is 0 Å². The lowest BCUT2D eigenvalue weighted by Crippen LogP contribution is -2.56. The molecule has 0 spiro atoms. The van der Waals surface area contributed by atoms with Gasteiger partial charge in [0.25, 0.3) is 5.91 Å². The lowest BCUT2D eigenvalue weighted by Gasteiger charge is -2.45. The number of aromatic nitrogens is 1. The number of carbonyl (C=O) groups excluding carboxylic acids is 2. The van der Waals surface area contributed by atoms with Crippen LogP contribution in [0.1, 0.15) is 33.9 Å². The summed E-state index contributed by atoms with van der Waals surface area (Å²) in [5.41, 5.74) is 3.51. The van der Waals surface area contributed by atoms with Crippen molar-refractivity contribution in [1.29, 1.82) is 0 Å². The Hall–Kier alpha value is -3.91. The summed E-state index contributed by atoms with van der Waals surface area (Å²) >= 11 is 0. The van der Waals surface area contributed by atoms with E-state index in [-0.39, 0.29) is 23.9 Å². The molecule has 3 aromatic rings. The van der Waals surface area contributed by atoms with E-state index in [1.807, 2.05) is 41.3 Å². The molecule has 0 radical (unpaired) electrons. The lowest BCUT2D eigenvalue weighted by atomic mass is 9.93. The molecule has 0 saturated carbocycles. The van der Waals surface area contributed by atoms with Crippen molar-refractivity contribution in [1.82, 2.24) is 20.1 Å². The van der Waals surface area contributed by atoms with Gasteiger partial charge in [0, 0.05) is 51.9 Å². The number of hydrogen-bond donors (Lipinski definition) is 2. The molecule has 1 saturated heterocycles. The summed E-state index contributed by atoms with van der Waals surface area (Å²) < 4.78 is 5.68. The number of pyridine rings is 1. The van der Waals surface area contributed by atoms with Gasteiger partial charge in [0.15, 0.2) is 5.75 Å². The summed E-state index contributed by atoms with van der Waals surface area (Å²) in [5, 5.41) is 6.05. The Bertz CT molecular complexity index is 1160. The quantitative estimate of drug-likeness (QED) is 0.558. The summed E-state index contributed by atoms with van der Waals surface area (Å²) in [6, 6.07) is 20.5. The maximum Gasteiger partial charge on any atom is 0.257 e. The largest absolute Gasteiger partial charge is 0.488 e. The first kappa shape index (κ1) is 23.8. The second kappa shape index (κ2) is 10.8. The van der Waals surface area contributed by atoms with Crippen molar-refractivity contribution in [2.75, 3.05) is 45.2 Å². The minimum absolute atomic E-state index is 0.0273. The zero-order chi connectivity index (χ0) is 24.9. The number of anilines is 1. The summed E-state index contributed by atoms with van der Waals surface area (Å²) in [7, 11) is 1.65. The number of nitrogens with zero attached hydrogens (tertiary/aromatic N) is 3. The zero-order valence-electron chi connectivity index (χ0n) is 20.4. The first-order valence-electron chi connectivity index (χ1n) is 12.4. The number of amides is 2. The molecule has 8 nitrogen and oxygen atoms in total. The second-order valence-corrected chi connectivity index (χ2v) is 9.08. The SMILES string of the molecule is CNC(=O)C[C@@H]1CN(C(=O)c2cncc3c2NCCO3)CCN1C(c1ccccc1)c1ccccc1. The van der Waals surface area contributed by atoms with Gasteiger partial charge in [-0.15, -0.1) is 0 Å². The first-order valence-corrected chi connectivity index (χ1v) is 12.4. The van der Waals surface area contributed by atoms with Gasteiger partial charge in [0.2, 0.25) is 5.91 Å². The number of hydrogen-bond acceptors (Lipinski definition) is 6. The summed E-state index contributed by atoms with van der Waals surface area (Å²) in [6.07, 6.45) is 3.53. The van der Waals surface area contributed by atoms with Gasteiger partial charge >= 0.3 is 0 Å². The van der Waals surface area contributed by atoms with Crippen LogP contribution in [0.5, 0.6) is 5.75 Å². The van der Waals surface area contributed by atoms with E-state index < -0.39 is 0 Å². The Morgan fingerprint density at radius 2 is 1.75 bits per heavy atom. The highest BCUT2D eigenvalue weighted by atomic mass is 16.5. The molecule has 2 aliphatic rings. The fourth-order valence-corrected chi connectivity index (χ4v) is 5.14. The van der Waals surface area contributed by atoms with E-state index in [2.05, 4.69) is 44.8 Å². The molecular weight excluding hydrogens is 454 g/mol. The molecule has 36 heavy (non-hydrogen) atoms. The highest BCUT2D eigenvalue weighted by molar-refractivity contribution is 6.00. The van der Waals surface area contributed by atoms with Crippen molar-refractivity contribution in [2.45, 2.75) is 18.5 Å². The molecule has 1 aromatic heterocycles. The van der Waals surface area contributed by atoms with Crippen molar-refractivity contribution in [3.8, 4) is 5.75 Å². The van der Waals surface area contributed by atoms with Crippen LogP contribution in [0.15, 0.2) is 73.1 Å². The van der Waals surface area contributed by atoms with E-state index >= 15 is 0 Å². The number of ether oxygens (including phenoxy) is 1. The fraction of sp³-hybridized carbons (Fsp3) is 0.321. The Morgan fingerprint density at radius 3 is 2.42 bits per heavy atom. The molecule has 1 atom stereocenters. The Balaban J connectivity index is 1.46. The van der Waals surface area contributed by atoms with E-state index in [9.17, 15) is 9.59 Å². The first-order chi connectivity index (χ1) is 17.7. The average molecular weight is 486 g/mol. The monoisotopic (exact) mass is 485 g/mol. The van der Waals surface area contributed by atoms with Gasteiger partial charge in [-0.05, 0) is 11.1 Å². The van der Waals surface area contributed by atoms with Crippen molar-refractivity contribution in [3.63, 3.8) is 0 Å². The number of nitrogens with one attached hydrogen (secondary N) is 2. The lowest BCUT2D eigenvalue weighted by molar-refractivity contribution is -0.122. The minimum Gasteiger partial charge on any atom is -0.488 e. The maximum atomic E-state index is 13.7. The minimum atomic E-state index is -0.162. The van der Waals surface area contributed by atoms with Crippen LogP contribution < -0.4 is 15.4 Å². The van der Waals surface area contributed by atoms with E-state index in [1.54, 1.807) is 19.4 Å². The van der Waals surface area contributed by atoms with Gasteiger partial charge in [-0.25, -0.2) is 0 Å². The maximum absolute atomic E-state index is 13.7. The van der Waals surface area contributed by atoms with Crippen molar-refractivity contribution in [3.05, 3.63) is 89.7 Å². The smallest absolute Gasteiger partial charge is 0.257 e. The fourth-order valence-electron chi connectivity index (χ4n) is 5.14. The molecule has 0 unspecified atom stereocenters. The number of rotatable bonds is 6. The van der Waals surface area contributed by atoms with E-state index in [0.717, 1.165) is 11.1 Å². The van der Waals surface area contributed by atoms with Gasteiger partial charge in [0.05, 0.1) is 23.5 Å². The molecule has 1 fully saturated rings. The van der Waals surface area contributed by atoms with Gasteiger partial charge < -0.3 is 20.3 Å². The summed E-state index contributed by atoms with van der Waals surface area (Å²) in [4.78, 5) is 34.7. The van der Waals surface area contributed by atoms with Crippen molar-refractivity contribution in [2.24, 2.45) is 0 Å². The van der Waals surface area contributed by atoms with Crippen LogP contribution in [0.2, 0.25) is 0 Å². The summed E-state index contributed by atoms with van der Waals surface area (Å²) in [5.74, 6) is 0.448.